The largest absolute Gasteiger partial charge is 0.366 e. The zero-order chi connectivity index (χ0) is 17.5. The van der Waals surface area contributed by atoms with Crippen LogP contribution in [0.4, 0.5) is 5.69 Å². The number of halogens is 1. The highest BCUT2D eigenvalue weighted by molar-refractivity contribution is 6.30. The lowest BCUT2D eigenvalue weighted by molar-refractivity contribution is 0.179. The van der Waals surface area contributed by atoms with E-state index in [1.165, 1.54) is 11.3 Å². The normalized spacial score (nSPS) is 11.5. The molecule has 0 saturated heterocycles. The molecule has 0 aliphatic heterocycles. The van der Waals surface area contributed by atoms with Crippen molar-refractivity contribution in [3.05, 3.63) is 65.2 Å². The molecule has 0 radical (unpaired) electrons. The zero-order valence-corrected chi connectivity index (χ0v) is 16.0. The molecular weight excluding hydrogens is 316 g/mol. The minimum absolute atomic E-state index is 0.550. The SMILES string of the molecule is CC(C)N(CCN(Cc1ccccc1)c1ccc(Cl)cc1)C(C)C. The summed E-state index contributed by atoms with van der Waals surface area (Å²) in [6.07, 6.45) is 0. The highest BCUT2D eigenvalue weighted by Crippen LogP contribution is 2.20. The van der Waals surface area contributed by atoms with E-state index < -0.39 is 0 Å². The van der Waals surface area contributed by atoms with Crippen molar-refractivity contribution < 1.29 is 0 Å². The number of benzene rings is 2. The monoisotopic (exact) mass is 344 g/mol. The molecule has 0 bridgehead atoms. The molecule has 24 heavy (non-hydrogen) atoms. The molecule has 3 heteroatoms. The van der Waals surface area contributed by atoms with Gasteiger partial charge in [-0.15, -0.1) is 0 Å². The van der Waals surface area contributed by atoms with Gasteiger partial charge in [0, 0.05) is 42.4 Å². The fourth-order valence-electron chi connectivity index (χ4n) is 3.10. The maximum absolute atomic E-state index is 6.06. The van der Waals surface area contributed by atoms with Gasteiger partial charge >= 0.3 is 0 Å². The second-order valence-corrected chi connectivity index (χ2v) is 7.25. The summed E-state index contributed by atoms with van der Waals surface area (Å²) in [5, 5.41) is 0.782. The molecule has 0 saturated carbocycles. The molecule has 130 valence electrons. The first-order valence-electron chi connectivity index (χ1n) is 8.77. The second-order valence-electron chi connectivity index (χ2n) is 6.81. The molecule has 2 nitrogen and oxygen atoms in total. The smallest absolute Gasteiger partial charge is 0.0430 e. The van der Waals surface area contributed by atoms with E-state index in [9.17, 15) is 0 Å². The third-order valence-electron chi connectivity index (χ3n) is 4.36. The van der Waals surface area contributed by atoms with Gasteiger partial charge in [0.05, 0.1) is 0 Å². The van der Waals surface area contributed by atoms with Gasteiger partial charge in [-0.2, -0.15) is 0 Å². The molecule has 0 unspecified atom stereocenters. The summed E-state index contributed by atoms with van der Waals surface area (Å²) in [5.41, 5.74) is 2.55. The first kappa shape index (κ1) is 18.8. The van der Waals surface area contributed by atoms with Gasteiger partial charge in [-0.25, -0.2) is 0 Å². The minimum Gasteiger partial charge on any atom is -0.366 e. The van der Waals surface area contributed by atoms with Crippen LogP contribution in [0, 0.1) is 0 Å². The number of nitrogens with zero attached hydrogens (tertiary/aromatic N) is 2. The van der Waals surface area contributed by atoms with Crippen molar-refractivity contribution in [3.63, 3.8) is 0 Å². The Morgan fingerprint density at radius 1 is 0.792 bits per heavy atom. The van der Waals surface area contributed by atoms with E-state index in [0.717, 1.165) is 24.7 Å². The summed E-state index contributed by atoms with van der Waals surface area (Å²) in [4.78, 5) is 4.97. The van der Waals surface area contributed by atoms with Gasteiger partial charge in [-0.05, 0) is 57.5 Å². The van der Waals surface area contributed by atoms with E-state index in [0.29, 0.717) is 12.1 Å². The van der Waals surface area contributed by atoms with Gasteiger partial charge in [-0.1, -0.05) is 41.9 Å². The predicted octanol–water partition coefficient (Wildman–Crippen LogP) is 5.47. The van der Waals surface area contributed by atoms with E-state index >= 15 is 0 Å². The van der Waals surface area contributed by atoms with Crippen molar-refractivity contribution >= 4 is 17.3 Å². The van der Waals surface area contributed by atoms with Crippen LogP contribution in [-0.2, 0) is 6.54 Å². The number of hydrogen-bond acceptors (Lipinski definition) is 2. The van der Waals surface area contributed by atoms with Crippen LogP contribution >= 0.6 is 11.6 Å². The number of anilines is 1. The lowest BCUT2D eigenvalue weighted by atomic mass is 10.2. The molecular formula is C21H29ClN2. The van der Waals surface area contributed by atoms with Crippen molar-refractivity contribution in [2.24, 2.45) is 0 Å². The van der Waals surface area contributed by atoms with Gasteiger partial charge in [0.15, 0.2) is 0 Å². The highest BCUT2D eigenvalue weighted by atomic mass is 35.5. The minimum atomic E-state index is 0.550. The lowest BCUT2D eigenvalue weighted by Gasteiger charge is -2.34. The van der Waals surface area contributed by atoms with E-state index in [1.807, 2.05) is 12.1 Å². The molecule has 2 aromatic rings. The van der Waals surface area contributed by atoms with Gasteiger partial charge in [-0.3, -0.25) is 4.90 Å². The highest BCUT2D eigenvalue weighted by Gasteiger charge is 2.15. The Balaban J connectivity index is 2.14. The Morgan fingerprint density at radius 2 is 1.38 bits per heavy atom. The molecule has 0 fully saturated rings. The molecule has 0 amide bonds. The second kappa shape index (κ2) is 9.10. The van der Waals surface area contributed by atoms with E-state index in [2.05, 4.69) is 80.0 Å². The maximum Gasteiger partial charge on any atom is 0.0430 e. The Morgan fingerprint density at radius 3 is 1.92 bits per heavy atom. The Bertz CT molecular complexity index is 585. The van der Waals surface area contributed by atoms with Gasteiger partial charge < -0.3 is 4.90 Å². The van der Waals surface area contributed by atoms with E-state index in [-0.39, 0.29) is 0 Å². The van der Waals surface area contributed by atoms with E-state index in [1.54, 1.807) is 0 Å². The van der Waals surface area contributed by atoms with Crippen LogP contribution in [0.2, 0.25) is 5.02 Å². The lowest BCUT2D eigenvalue weighted by Crippen LogP contribution is -2.42. The van der Waals surface area contributed by atoms with Crippen LogP contribution in [0.1, 0.15) is 33.3 Å². The maximum atomic E-state index is 6.06. The first-order valence-corrected chi connectivity index (χ1v) is 9.15. The number of hydrogen-bond donors (Lipinski definition) is 0. The summed E-state index contributed by atoms with van der Waals surface area (Å²) in [7, 11) is 0. The molecule has 0 aromatic heterocycles. The van der Waals surface area contributed by atoms with Crippen molar-refractivity contribution in [1.29, 1.82) is 0 Å². The summed E-state index contributed by atoms with van der Waals surface area (Å²) in [6, 6.07) is 19.9. The van der Waals surface area contributed by atoms with Gasteiger partial charge in [0.2, 0.25) is 0 Å². The van der Waals surface area contributed by atoms with Crippen LogP contribution in [0.3, 0.4) is 0 Å². The van der Waals surface area contributed by atoms with Crippen LogP contribution in [0.5, 0.6) is 0 Å². The van der Waals surface area contributed by atoms with Crippen LogP contribution in [0.25, 0.3) is 0 Å². The van der Waals surface area contributed by atoms with Crippen LogP contribution in [0.15, 0.2) is 54.6 Å². The quantitative estimate of drug-likeness (QED) is 0.627. The molecule has 2 rings (SSSR count). The molecule has 0 aliphatic carbocycles. The Kier molecular flexibility index (Phi) is 7.14. The topological polar surface area (TPSA) is 6.48 Å². The standard InChI is InChI=1S/C21H29ClN2/c1-17(2)24(18(3)4)15-14-23(16-19-8-6-5-7-9-19)21-12-10-20(22)11-13-21/h5-13,17-18H,14-16H2,1-4H3. The first-order chi connectivity index (χ1) is 11.5. The Labute approximate surface area is 152 Å². The Hall–Kier alpha value is -1.51. The average molecular weight is 345 g/mol. The number of rotatable bonds is 8. The van der Waals surface area contributed by atoms with Crippen LogP contribution < -0.4 is 4.90 Å². The third-order valence-corrected chi connectivity index (χ3v) is 4.61. The molecule has 0 aliphatic rings. The summed E-state index contributed by atoms with van der Waals surface area (Å²) < 4.78 is 0. The summed E-state index contributed by atoms with van der Waals surface area (Å²) in [6.45, 7) is 12.0. The summed E-state index contributed by atoms with van der Waals surface area (Å²) >= 11 is 6.06. The fourth-order valence-corrected chi connectivity index (χ4v) is 3.23. The van der Waals surface area contributed by atoms with E-state index in [4.69, 9.17) is 11.6 Å². The van der Waals surface area contributed by atoms with Crippen LogP contribution in [-0.4, -0.2) is 30.1 Å². The molecule has 0 heterocycles. The molecule has 2 aromatic carbocycles. The molecule has 0 spiro atoms. The fraction of sp³-hybridized carbons (Fsp3) is 0.429. The van der Waals surface area contributed by atoms with Gasteiger partial charge in [0.25, 0.3) is 0 Å². The predicted molar refractivity (Wildman–Crippen MR) is 106 cm³/mol. The molecule has 0 atom stereocenters. The summed E-state index contributed by atoms with van der Waals surface area (Å²) in [5.74, 6) is 0. The van der Waals surface area contributed by atoms with Crippen molar-refractivity contribution in [2.75, 3.05) is 18.0 Å². The van der Waals surface area contributed by atoms with Crippen molar-refractivity contribution in [1.82, 2.24) is 4.90 Å². The average Bonchev–Trinajstić information content (AvgIpc) is 2.55. The third kappa shape index (κ3) is 5.54. The molecule has 0 N–H and O–H groups in total. The zero-order valence-electron chi connectivity index (χ0n) is 15.2. The van der Waals surface area contributed by atoms with Crippen molar-refractivity contribution in [3.8, 4) is 0 Å². The van der Waals surface area contributed by atoms with Gasteiger partial charge in [0.1, 0.15) is 0 Å². The van der Waals surface area contributed by atoms with Crippen molar-refractivity contribution in [2.45, 2.75) is 46.3 Å².